The van der Waals surface area contributed by atoms with Crippen LogP contribution in [0.3, 0.4) is 0 Å². The van der Waals surface area contributed by atoms with E-state index in [1.165, 1.54) is 4.68 Å². The van der Waals surface area contributed by atoms with Crippen LogP contribution >= 0.6 is 0 Å². The quantitative estimate of drug-likeness (QED) is 0.718. The summed E-state index contributed by atoms with van der Waals surface area (Å²) in [5, 5.41) is 6.75. The normalized spacial score (nSPS) is 11.4. The molecule has 5 nitrogen and oxygen atoms in total. The molecule has 0 aromatic carbocycles. The Kier molecular flexibility index (Phi) is 2.78. The second-order valence-corrected chi connectivity index (χ2v) is 4.24. The SMILES string of the molecule is CC(C)(C)NC(=O)Cn1ccc(N)n1. The molecule has 0 bridgehead atoms. The monoisotopic (exact) mass is 196 g/mol. The molecule has 5 heteroatoms. The van der Waals surface area contributed by atoms with E-state index in [0.29, 0.717) is 5.82 Å². The molecule has 0 radical (unpaired) electrons. The lowest BCUT2D eigenvalue weighted by Crippen LogP contribution is -2.42. The Morgan fingerprint density at radius 1 is 1.64 bits per heavy atom. The molecule has 1 amide bonds. The number of amides is 1. The molecule has 0 aliphatic rings. The smallest absolute Gasteiger partial charge is 0.242 e. The lowest BCUT2D eigenvalue weighted by molar-refractivity contribution is -0.123. The molecule has 14 heavy (non-hydrogen) atoms. The van der Waals surface area contributed by atoms with Crippen LogP contribution in [-0.2, 0) is 11.3 Å². The molecule has 1 aromatic rings. The molecule has 3 N–H and O–H groups in total. The summed E-state index contributed by atoms with van der Waals surface area (Å²) < 4.78 is 1.51. The van der Waals surface area contributed by atoms with E-state index in [2.05, 4.69) is 10.4 Å². The van der Waals surface area contributed by atoms with Crippen LogP contribution in [0.25, 0.3) is 0 Å². The summed E-state index contributed by atoms with van der Waals surface area (Å²) in [4.78, 5) is 11.4. The fourth-order valence-electron chi connectivity index (χ4n) is 1.07. The molecule has 0 saturated heterocycles. The van der Waals surface area contributed by atoms with Crippen LogP contribution in [0.4, 0.5) is 5.82 Å². The fourth-order valence-corrected chi connectivity index (χ4v) is 1.07. The van der Waals surface area contributed by atoms with Gasteiger partial charge in [-0.25, -0.2) is 0 Å². The van der Waals surface area contributed by atoms with Gasteiger partial charge in [0.15, 0.2) is 0 Å². The molecule has 0 aliphatic carbocycles. The molecular formula is C9H16N4O. The van der Waals surface area contributed by atoms with Crippen LogP contribution in [0.2, 0.25) is 0 Å². The van der Waals surface area contributed by atoms with Gasteiger partial charge in [0.2, 0.25) is 5.91 Å². The Balaban J connectivity index is 2.50. The minimum absolute atomic E-state index is 0.0689. The zero-order chi connectivity index (χ0) is 10.8. The summed E-state index contributed by atoms with van der Waals surface area (Å²) in [7, 11) is 0. The standard InChI is InChI=1S/C9H16N4O/c1-9(2,3)11-8(14)6-13-5-4-7(10)12-13/h4-5H,6H2,1-3H3,(H2,10,12)(H,11,14). The topological polar surface area (TPSA) is 72.9 Å². The Morgan fingerprint density at radius 2 is 2.29 bits per heavy atom. The number of anilines is 1. The van der Waals surface area contributed by atoms with E-state index in [4.69, 9.17) is 5.73 Å². The molecule has 0 atom stereocenters. The number of nitrogens with zero attached hydrogens (tertiary/aromatic N) is 2. The van der Waals surface area contributed by atoms with E-state index in [1.807, 2.05) is 20.8 Å². The highest BCUT2D eigenvalue weighted by atomic mass is 16.2. The van der Waals surface area contributed by atoms with Crippen LogP contribution in [-0.4, -0.2) is 21.2 Å². The summed E-state index contributed by atoms with van der Waals surface area (Å²) in [6, 6.07) is 1.66. The first kappa shape index (κ1) is 10.6. The predicted octanol–water partition coefficient (Wildman–Crippen LogP) is 0.380. The van der Waals surface area contributed by atoms with E-state index < -0.39 is 0 Å². The van der Waals surface area contributed by atoms with Gasteiger partial charge in [0.05, 0.1) is 0 Å². The van der Waals surface area contributed by atoms with E-state index in [-0.39, 0.29) is 18.0 Å². The number of nitrogens with one attached hydrogen (secondary N) is 1. The van der Waals surface area contributed by atoms with Gasteiger partial charge in [-0.15, -0.1) is 0 Å². The van der Waals surface area contributed by atoms with E-state index in [9.17, 15) is 4.79 Å². The van der Waals surface area contributed by atoms with Gasteiger partial charge in [0, 0.05) is 11.7 Å². The van der Waals surface area contributed by atoms with Crippen molar-refractivity contribution in [1.82, 2.24) is 15.1 Å². The summed E-state index contributed by atoms with van der Waals surface area (Å²) >= 11 is 0. The van der Waals surface area contributed by atoms with E-state index >= 15 is 0 Å². The summed E-state index contributed by atoms with van der Waals surface area (Å²) in [6.07, 6.45) is 1.68. The van der Waals surface area contributed by atoms with Crippen LogP contribution in [0.5, 0.6) is 0 Å². The molecule has 78 valence electrons. The third-order valence-corrected chi connectivity index (χ3v) is 1.48. The zero-order valence-electron chi connectivity index (χ0n) is 8.74. The Bertz CT molecular complexity index is 324. The van der Waals surface area contributed by atoms with Crippen molar-refractivity contribution in [1.29, 1.82) is 0 Å². The van der Waals surface area contributed by atoms with Crippen LogP contribution in [0.15, 0.2) is 12.3 Å². The maximum Gasteiger partial charge on any atom is 0.242 e. The first-order valence-corrected chi connectivity index (χ1v) is 4.47. The largest absolute Gasteiger partial charge is 0.382 e. The maximum atomic E-state index is 11.4. The van der Waals surface area contributed by atoms with Gasteiger partial charge in [-0.2, -0.15) is 5.10 Å². The summed E-state index contributed by atoms with van der Waals surface area (Å²) in [5.74, 6) is 0.356. The second kappa shape index (κ2) is 3.69. The molecule has 0 aliphatic heterocycles. The highest BCUT2D eigenvalue weighted by molar-refractivity contribution is 5.76. The Labute approximate surface area is 83.3 Å². The van der Waals surface area contributed by atoms with Crippen molar-refractivity contribution in [2.24, 2.45) is 0 Å². The minimum atomic E-state index is -0.213. The first-order chi connectivity index (χ1) is 6.37. The number of carbonyl (C=O) groups is 1. The summed E-state index contributed by atoms with van der Waals surface area (Å²) in [5.41, 5.74) is 5.21. The number of rotatable bonds is 2. The van der Waals surface area contributed by atoms with Gasteiger partial charge in [-0.1, -0.05) is 0 Å². The van der Waals surface area contributed by atoms with Crippen molar-refractivity contribution in [3.8, 4) is 0 Å². The number of hydrogen-bond donors (Lipinski definition) is 2. The van der Waals surface area contributed by atoms with Gasteiger partial charge < -0.3 is 11.1 Å². The number of nitrogens with two attached hydrogens (primary N) is 1. The Hall–Kier alpha value is -1.52. The van der Waals surface area contributed by atoms with Crippen LogP contribution in [0.1, 0.15) is 20.8 Å². The van der Waals surface area contributed by atoms with Crippen molar-refractivity contribution in [2.75, 3.05) is 5.73 Å². The highest BCUT2D eigenvalue weighted by Gasteiger charge is 2.13. The van der Waals surface area contributed by atoms with Crippen molar-refractivity contribution in [2.45, 2.75) is 32.9 Å². The van der Waals surface area contributed by atoms with E-state index in [1.54, 1.807) is 12.3 Å². The highest BCUT2D eigenvalue weighted by Crippen LogP contribution is 2.00. The predicted molar refractivity (Wildman–Crippen MR) is 54.5 cm³/mol. The van der Waals surface area contributed by atoms with E-state index in [0.717, 1.165) is 0 Å². The van der Waals surface area contributed by atoms with Crippen molar-refractivity contribution in [3.05, 3.63) is 12.3 Å². The van der Waals surface area contributed by atoms with Crippen LogP contribution in [0, 0.1) is 0 Å². The van der Waals surface area contributed by atoms with Gasteiger partial charge in [0.25, 0.3) is 0 Å². The number of hydrogen-bond acceptors (Lipinski definition) is 3. The molecular weight excluding hydrogens is 180 g/mol. The number of carbonyl (C=O) groups excluding carboxylic acids is 1. The van der Waals surface area contributed by atoms with Gasteiger partial charge >= 0.3 is 0 Å². The molecule has 0 unspecified atom stereocenters. The molecule has 1 heterocycles. The summed E-state index contributed by atoms with van der Waals surface area (Å²) in [6.45, 7) is 6.00. The number of aromatic nitrogens is 2. The molecule has 0 spiro atoms. The molecule has 1 aromatic heterocycles. The third-order valence-electron chi connectivity index (χ3n) is 1.48. The average Bonchev–Trinajstić information content (AvgIpc) is 2.30. The third kappa shape index (κ3) is 3.47. The average molecular weight is 196 g/mol. The lowest BCUT2D eigenvalue weighted by atomic mass is 10.1. The lowest BCUT2D eigenvalue weighted by Gasteiger charge is -2.20. The van der Waals surface area contributed by atoms with Gasteiger partial charge in [0.1, 0.15) is 12.4 Å². The van der Waals surface area contributed by atoms with Gasteiger partial charge in [-0.05, 0) is 26.8 Å². The Morgan fingerprint density at radius 3 is 2.71 bits per heavy atom. The van der Waals surface area contributed by atoms with Crippen molar-refractivity contribution in [3.63, 3.8) is 0 Å². The number of nitrogen functional groups attached to an aromatic ring is 1. The fraction of sp³-hybridized carbons (Fsp3) is 0.556. The zero-order valence-corrected chi connectivity index (χ0v) is 8.74. The second-order valence-electron chi connectivity index (χ2n) is 4.24. The van der Waals surface area contributed by atoms with Crippen LogP contribution < -0.4 is 11.1 Å². The molecule has 0 fully saturated rings. The van der Waals surface area contributed by atoms with Crippen molar-refractivity contribution < 1.29 is 4.79 Å². The molecule has 0 saturated carbocycles. The van der Waals surface area contributed by atoms with Gasteiger partial charge in [-0.3, -0.25) is 9.48 Å². The molecule has 1 rings (SSSR count). The maximum absolute atomic E-state index is 11.4. The minimum Gasteiger partial charge on any atom is -0.382 e. The van der Waals surface area contributed by atoms with Crippen molar-refractivity contribution >= 4 is 11.7 Å². The first-order valence-electron chi connectivity index (χ1n) is 4.47.